The molecule has 0 aliphatic rings. The fraction of sp³-hybridized carbons (Fsp3) is 0.417. The Bertz CT molecular complexity index is 401. The van der Waals surface area contributed by atoms with Crippen molar-refractivity contribution in [1.29, 1.82) is 0 Å². The average molecular weight is 276 g/mol. The van der Waals surface area contributed by atoms with Gasteiger partial charge >= 0.3 is 0 Å². The van der Waals surface area contributed by atoms with E-state index in [1.165, 1.54) is 0 Å². The minimum Gasteiger partial charge on any atom is -0.507 e. The summed E-state index contributed by atoms with van der Waals surface area (Å²) < 4.78 is 18.0. The first-order chi connectivity index (χ1) is 8.65. The summed E-state index contributed by atoms with van der Waals surface area (Å²) in [6, 6.07) is 3.23. The van der Waals surface area contributed by atoms with Gasteiger partial charge in [0.1, 0.15) is 11.6 Å². The van der Waals surface area contributed by atoms with E-state index in [-0.39, 0.29) is 11.3 Å². The van der Waals surface area contributed by atoms with Crippen LogP contribution in [0.4, 0.5) is 4.39 Å². The van der Waals surface area contributed by atoms with E-state index in [1.807, 2.05) is 0 Å². The first-order valence-electron chi connectivity index (χ1n) is 5.55. The molecule has 1 aromatic carbocycles. The number of halogens is 2. The zero-order chi connectivity index (χ0) is 13.4. The topological polar surface area (TPSA) is 58.6 Å². The maximum atomic E-state index is 12.9. The number of carbonyl (C=O) groups is 1. The van der Waals surface area contributed by atoms with E-state index in [0.717, 1.165) is 18.2 Å². The van der Waals surface area contributed by atoms with Crippen LogP contribution in [0.5, 0.6) is 5.75 Å². The van der Waals surface area contributed by atoms with Crippen molar-refractivity contribution in [3.8, 4) is 5.75 Å². The van der Waals surface area contributed by atoms with Crippen LogP contribution in [0.1, 0.15) is 16.8 Å². The van der Waals surface area contributed by atoms with Crippen molar-refractivity contribution < 1.29 is 19.0 Å². The molecule has 0 bridgehead atoms. The van der Waals surface area contributed by atoms with Gasteiger partial charge < -0.3 is 15.2 Å². The minimum absolute atomic E-state index is 0.0725. The number of hydrogen-bond acceptors (Lipinski definition) is 3. The van der Waals surface area contributed by atoms with Gasteiger partial charge in [-0.1, -0.05) is 0 Å². The standard InChI is InChI=1S/C12H15ClFNO3/c13-4-7-18-6-1-5-15-12(17)10-8-9(14)2-3-11(10)16/h2-3,8,16H,1,4-7H2,(H,15,17). The van der Waals surface area contributed by atoms with Crippen LogP contribution in [0.3, 0.4) is 0 Å². The zero-order valence-corrected chi connectivity index (χ0v) is 10.5. The minimum atomic E-state index is -0.566. The Hall–Kier alpha value is -1.33. The van der Waals surface area contributed by atoms with Crippen molar-refractivity contribution in [3.63, 3.8) is 0 Å². The molecular weight excluding hydrogens is 261 g/mol. The van der Waals surface area contributed by atoms with Crippen LogP contribution < -0.4 is 5.32 Å². The van der Waals surface area contributed by atoms with Crippen molar-refractivity contribution in [2.45, 2.75) is 6.42 Å². The average Bonchev–Trinajstić information content (AvgIpc) is 2.36. The SMILES string of the molecule is O=C(NCCCOCCCl)c1cc(F)ccc1O. The van der Waals surface area contributed by atoms with Gasteiger partial charge in [0.05, 0.1) is 12.2 Å². The molecule has 1 amide bonds. The lowest BCUT2D eigenvalue weighted by Crippen LogP contribution is -2.25. The van der Waals surface area contributed by atoms with Gasteiger partial charge in [0.25, 0.3) is 5.91 Å². The van der Waals surface area contributed by atoms with E-state index in [0.29, 0.717) is 32.1 Å². The monoisotopic (exact) mass is 275 g/mol. The molecule has 0 saturated heterocycles. The second-order valence-corrected chi connectivity index (χ2v) is 3.95. The molecule has 6 heteroatoms. The maximum Gasteiger partial charge on any atom is 0.255 e. The van der Waals surface area contributed by atoms with Crippen LogP contribution in [0.2, 0.25) is 0 Å². The highest BCUT2D eigenvalue weighted by Crippen LogP contribution is 2.17. The number of nitrogens with one attached hydrogen (secondary N) is 1. The van der Waals surface area contributed by atoms with Crippen LogP contribution >= 0.6 is 11.6 Å². The van der Waals surface area contributed by atoms with Crippen molar-refractivity contribution in [1.82, 2.24) is 5.32 Å². The van der Waals surface area contributed by atoms with Gasteiger partial charge in [-0.05, 0) is 24.6 Å². The summed E-state index contributed by atoms with van der Waals surface area (Å²) in [7, 11) is 0. The Morgan fingerprint density at radius 1 is 1.44 bits per heavy atom. The van der Waals surface area contributed by atoms with Crippen molar-refractivity contribution >= 4 is 17.5 Å². The van der Waals surface area contributed by atoms with Crippen LogP contribution in [-0.4, -0.2) is 36.7 Å². The molecule has 0 saturated carbocycles. The van der Waals surface area contributed by atoms with Crippen LogP contribution in [-0.2, 0) is 4.74 Å². The zero-order valence-electron chi connectivity index (χ0n) is 9.79. The highest BCUT2D eigenvalue weighted by atomic mass is 35.5. The number of carbonyl (C=O) groups excluding carboxylic acids is 1. The molecule has 0 radical (unpaired) electrons. The first-order valence-corrected chi connectivity index (χ1v) is 6.09. The summed E-state index contributed by atoms with van der Waals surface area (Å²) >= 11 is 5.42. The molecule has 4 nitrogen and oxygen atoms in total. The molecule has 0 aromatic heterocycles. The van der Waals surface area contributed by atoms with E-state index in [4.69, 9.17) is 16.3 Å². The number of rotatable bonds is 7. The molecule has 0 aliphatic heterocycles. The van der Waals surface area contributed by atoms with E-state index in [1.54, 1.807) is 0 Å². The second kappa shape index (κ2) is 7.89. The largest absolute Gasteiger partial charge is 0.507 e. The van der Waals surface area contributed by atoms with E-state index in [2.05, 4.69) is 5.32 Å². The third kappa shape index (κ3) is 4.89. The van der Waals surface area contributed by atoms with Gasteiger partial charge in [0.2, 0.25) is 0 Å². The Morgan fingerprint density at radius 3 is 2.94 bits per heavy atom. The number of aromatic hydroxyl groups is 1. The highest BCUT2D eigenvalue weighted by Gasteiger charge is 2.11. The summed E-state index contributed by atoms with van der Waals surface area (Å²) in [5, 5.41) is 12.0. The highest BCUT2D eigenvalue weighted by molar-refractivity contribution is 6.17. The summed E-state index contributed by atoms with van der Waals surface area (Å²) in [5.41, 5.74) is -0.0725. The number of phenolic OH excluding ortho intramolecular Hbond substituents is 1. The molecule has 0 atom stereocenters. The van der Waals surface area contributed by atoms with Crippen LogP contribution in [0, 0.1) is 5.82 Å². The van der Waals surface area contributed by atoms with Gasteiger partial charge in [-0.15, -0.1) is 11.6 Å². The van der Waals surface area contributed by atoms with Gasteiger partial charge in [0.15, 0.2) is 0 Å². The normalized spacial score (nSPS) is 10.3. The molecule has 1 rings (SSSR count). The molecule has 2 N–H and O–H groups in total. The lowest BCUT2D eigenvalue weighted by molar-refractivity contribution is 0.0941. The Kier molecular flexibility index (Phi) is 6.46. The molecule has 0 spiro atoms. The molecule has 18 heavy (non-hydrogen) atoms. The van der Waals surface area contributed by atoms with Crippen molar-refractivity contribution in [2.24, 2.45) is 0 Å². The smallest absolute Gasteiger partial charge is 0.255 e. The quantitative estimate of drug-likeness (QED) is 0.590. The molecule has 0 fully saturated rings. The van der Waals surface area contributed by atoms with E-state index < -0.39 is 11.7 Å². The number of ether oxygens (including phenoxy) is 1. The number of amides is 1. The fourth-order valence-electron chi connectivity index (χ4n) is 1.32. The number of benzene rings is 1. The Balaban J connectivity index is 2.34. The lowest BCUT2D eigenvalue weighted by Gasteiger charge is -2.07. The van der Waals surface area contributed by atoms with Crippen molar-refractivity contribution in [2.75, 3.05) is 25.6 Å². The van der Waals surface area contributed by atoms with Gasteiger partial charge in [-0.3, -0.25) is 4.79 Å². The predicted molar refractivity (Wildman–Crippen MR) is 66.6 cm³/mol. The Labute approximate surface area is 110 Å². The fourth-order valence-corrected chi connectivity index (χ4v) is 1.43. The summed E-state index contributed by atoms with van der Waals surface area (Å²) in [6.07, 6.45) is 0.624. The Morgan fingerprint density at radius 2 is 2.22 bits per heavy atom. The van der Waals surface area contributed by atoms with Gasteiger partial charge in [-0.25, -0.2) is 4.39 Å². The first kappa shape index (κ1) is 14.7. The summed E-state index contributed by atoms with van der Waals surface area (Å²) in [4.78, 5) is 11.6. The van der Waals surface area contributed by atoms with Crippen LogP contribution in [0.15, 0.2) is 18.2 Å². The maximum absolute atomic E-state index is 12.9. The number of alkyl halides is 1. The molecule has 0 heterocycles. The predicted octanol–water partition coefficient (Wildman–Crippen LogP) is 1.91. The molecule has 1 aromatic rings. The lowest BCUT2D eigenvalue weighted by atomic mass is 10.2. The molecule has 0 unspecified atom stereocenters. The summed E-state index contributed by atoms with van der Waals surface area (Å²) in [5.74, 6) is -0.885. The third-order valence-corrected chi connectivity index (χ3v) is 2.33. The molecule has 100 valence electrons. The van der Waals surface area contributed by atoms with Crippen LogP contribution in [0.25, 0.3) is 0 Å². The van der Waals surface area contributed by atoms with E-state index >= 15 is 0 Å². The second-order valence-electron chi connectivity index (χ2n) is 3.57. The molecule has 0 aliphatic carbocycles. The van der Waals surface area contributed by atoms with Crippen molar-refractivity contribution in [3.05, 3.63) is 29.6 Å². The number of hydrogen-bond donors (Lipinski definition) is 2. The van der Waals surface area contributed by atoms with Gasteiger partial charge in [-0.2, -0.15) is 0 Å². The number of phenols is 1. The summed E-state index contributed by atoms with van der Waals surface area (Å²) in [6.45, 7) is 1.35. The molecular formula is C12H15ClFNO3. The third-order valence-electron chi connectivity index (χ3n) is 2.18. The van der Waals surface area contributed by atoms with E-state index in [9.17, 15) is 14.3 Å². The van der Waals surface area contributed by atoms with Gasteiger partial charge in [0, 0.05) is 19.0 Å².